The number of carbonyl (C=O) groups is 1. The van der Waals surface area contributed by atoms with Crippen molar-refractivity contribution in [3.05, 3.63) is 100 Å². The van der Waals surface area contributed by atoms with E-state index in [0.29, 0.717) is 13.1 Å². The maximum Gasteiger partial charge on any atom is 0.256 e. The number of nitrogens with zero attached hydrogens (tertiary/aromatic N) is 4. The molecular weight excluding hydrogens is 403 g/mol. The van der Waals surface area contributed by atoms with Gasteiger partial charge in [0.05, 0.1) is 35.1 Å². The lowest BCUT2D eigenvalue weighted by molar-refractivity contribution is 0.0749. The summed E-state index contributed by atoms with van der Waals surface area (Å²) in [6.07, 6.45) is 3.92. The zero-order valence-electron chi connectivity index (χ0n) is 16.2. The summed E-state index contributed by atoms with van der Waals surface area (Å²) in [4.78, 5) is 14.7. The molecular formula is C23H18ClFN4O. The molecule has 0 radical (unpaired) electrons. The molecule has 0 saturated carbocycles. The van der Waals surface area contributed by atoms with E-state index in [4.69, 9.17) is 16.7 Å². The van der Waals surface area contributed by atoms with Gasteiger partial charge in [-0.1, -0.05) is 29.3 Å². The second kappa shape index (κ2) is 7.15. The Labute approximate surface area is 177 Å². The molecule has 150 valence electrons. The summed E-state index contributed by atoms with van der Waals surface area (Å²) in [6.45, 7) is 2.82. The van der Waals surface area contributed by atoms with Gasteiger partial charge in [-0.3, -0.25) is 4.79 Å². The summed E-state index contributed by atoms with van der Waals surface area (Å²) in [5.74, 6) is 0.197. The van der Waals surface area contributed by atoms with Gasteiger partial charge in [0.1, 0.15) is 11.6 Å². The summed E-state index contributed by atoms with van der Waals surface area (Å²) in [5, 5.41) is 4.93. The Morgan fingerprint density at radius 2 is 1.80 bits per heavy atom. The average Bonchev–Trinajstić information content (AvgIpc) is 3.44. The van der Waals surface area contributed by atoms with Crippen molar-refractivity contribution in [3.63, 3.8) is 0 Å². The fourth-order valence-electron chi connectivity index (χ4n) is 3.79. The molecule has 0 saturated heterocycles. The lowest BCUT2D eigenvalue weighted by Gasteiger charge is -2.18. The zero-order chi connectivity index (χ0) is 20.8. The van der Waals surface area contributed by atoms with Gasteiger partial charge < -0.3 is 9.47 Å². The van der Waals surface area contributed by atoms with E-state index >= 15 is 0 Å². The monoisotopic (exact) mass is 420 g/mol. The van der Waals surface area contributed by atoms with Crippen LogP contribution in [0.2, 0.25) is 5.02 Å². The Morgan fingerprint density at radius 1 is 1.07 bits per heavy atom. The van der Waals surface area contributed by atoms with Gasteiger partial charge in [-0.05, 0) is 49.4 Å². The molecule has 0 atom stereocenters. The van der Waals surface area contributed by atoms with E-state index in [9.17, 15) is 9.18 Å². The van der Waals surface area contributed by atoms with Crippen LogP contribution in [0.1, 0.15) is 27.2 Å². The number of fused-ring (bicyclic) bond motifs is 1. The molecule has 1 amide bonds. The largest absolute Gasteiger partial charge is 0.328 e. The van der Waals surface area contributed by atoms with Gasteiger partial charge in [0.25, 0.3) is 5.91 Å². The first-order valence-electron chi connectivity index (χ1n) is 9.57. The van der Waals surface area contributed by atoms with Gasteiger partial charge in [0.2, 0.25) is 0 Å². The molecule has 7 heteroatoms. The van der Waals surface area contributed by atoms with Crippen LogP contribution in [0.25, 0.3) is 11.5 Å². The molecule has 4 aromatic rings. The quantitative estimate of drug-likeness (QED) is 0.472. The predicted molar refractivity (Wildman–Crippen MR) is 113 cm³/mol. The zero-order valence-corrected chi connectivity index (χ0v) is 17.0. The highest BCUT2D eigenvalue weighted by molar-refractivity contribution is 6.33. The lowest BCUT2D eigenvalue weighted by atomic mass is 10.2. The molecule has 0 spiro atoms. The highest BCUT2D eigenvalue weighted by atomic mass is 35.5. The van der Waals surface area contributed by atoms with Crippen LogP contribution in [0.4, 0.5) is 4.39 Å². The minimum absolute atomic E-state index is 0.111. The van der Waals surface area contributed by atoms with Crippen molar-refractivity contribution in [1.29, 1.82) is 0 Å². The number of aromatic nitrogens is 3. The van der Waals surface area contributed by atoms with Crippen LogP contribution in [0, 0.1) is 12.7 Å². The van der Waals surface area contributed by atoms with Crippen LogP contribution in [0.3, 0.4) is 0 Å². The van der Waals surface area contributed by atoms with E-state index in [0.717, 1.165) is 28.8 Å². The minimum Gasteiger partial charge on any atom is -0.328 e. The number of carbonyl (C=O) groups excluding carboxylic acids is 1. The van der Waals surface area contributed by atoms with Crippen LogP contribution in [-0.2, 0) is 13.1 Å². The third-order valence-corrected chi connectivity index (χ3v) is 5.62. The van der Waals surface area contributed by atoms with Crippen molar-refractivity contribution < 1.29 is 9.18 Å². The molecule has 0 bridgehead atoms. The molecule has 2 aromatic carbocycles. The Balaban J connectivity index is 1.54. The first kappa shape index (κ1) is 18.6. The maximum atomic E-state index is 13.4. The van der Waals surface area contributed by atoms with Gasteiger partial charge in [-0.15, -0.1) is 0 Å². The van der Waals surface area contributed by atoms with Crippen molar-refractivity contribution in [2.45, 2.75) is 20.0 Å². The number of hydrogen-bond donors (Lipinski definition) is 0. The first-order chi connectivity index (χ1) is 14.5. The van der Waals surface area contributed by atoms with Crippen molar-refractivity contribution in [2.75, 3.05) is 0 Å². The fourth-order valence-corrected chi connectivity index (χ4v) is 4.03. The summed E-state index contributed by atoms with van der Waals surface area (Å²) in [5.41, 5.74) is 4.24. The Morgan fingerprint density at radius 3 is 2.50 bits per heavy atom. The highest BCUT2D eigenvalue weighted by Gasteiger charge is 2.32. The van der Waals surface area contributed by atoms with Crippen molar-refractivity contribution in [2.24, 2.45) is 0 Å². The topological polar surface area (TPSA) is 43.1 Å². The van der Waals surface area contributed by atoms with Gasteiger partial charge in [0, 0.05) is 18.0 Å². The summed E-state index contributed by atoms with van der Waals surface area (Å²) >= 11 is 6.11. The first-order valence-corrected chi connectivity index (χ1v) is 9.94. The van der Waals surface area contributed by atoms with Crippen molar-refractivity contribution in [3.8, 4) is 11.5 Å². The van der Waals surface area contributed by atoms with Gasteiger partial charge in [-0.2, -0.15) is 5.10 Å². The third kappa shape index (κ3) is 3.09. The normalized spacial score (nSPS) is 13.0. The molecule has 0 unspecified atom stereocenters. The van der Waals surface area contributed by atoms with Crippen molar-refractivity contribution in [1.82, 2.24) is 19.2 Å². The Bertz CT molecular complexity index is 1250. The van der Waals surface area contributed by atoms with E-state index in [-0.39, 0.29) is 16.5 Å². The molecule has 3 heterocycles. The molecule has 5 rings (SSSR count). The molecule has 1 aliphatic rings. The number of benzene rings is 2. The lowest BCUT2D eigenvalue weighted by Crippen LogP contribution is -2.26. The SMILES string of the molecule is Cc1ccc(-n2nc3c(c2-n2cccc2)CN(C(=O)c2ccc(F)cc2Cl)C3)cc1. The van der Waals surface area contributed by atoms with Crippen LogP contribution in [-0.4, -0.2) is 25.2 Å². The molecule has 30 heavy (non-hydrogen) atoms. The Hall–Kier alpha value is -3.38. The predicted octanol–water partition coefficient (Wildman–Crippen LogP) is 4.92. The van der Waals surface area contributed by atoms with Crippen LogP contribution in [0.15, 0.2) is 67.0 Å². The van der Waals surface area contributed by atoms with Crippen molar-refractivity contribution >= 4 is 17.5 Å². The molecule has 5 nitrogen and oxygen atoms in total. The minimum atomic E-state index is -0.467. The van der Waals surface area contributed by atoms with Gasteiger partial charge in [-0.25, -0.2) is 9.07 Å². The standard InChI is InChI=1S/C23H18ClFN4O/c1-15-4-7-17(8-5-15)29-22(27-10-2-3-11-27)19-13-28(14-21(19)26-29)23(30)18-9-6-16(25)12-20(18)24/h2-12H,13-14H2,1H3. The molecule has 1 aliphatic heterocycles. The highest BCUT2D eigenvalue weighted by Crippen LogP contribution is 2.32. The van der Waals surface area contributed by atoms with Crippen LogP contribution in [0.5, 0.6) is 0 Å². The van der Waals surface area contributed by atoms with E-state index in [1.165, 1.54) is 17.7 Å². The van der Waals surface area contributed by atoms with Crippen LogP contribution < -0.4 is 0 Å². The molecule has 0 fully saturated rings. The Kier molecular flexibility index (Phi) is 4.44. The van der Waals surface area contributed by atoms with Gasteiger partial charge >= 0.3 is 0 Å². The maximum absolute atomic E-state index is 13.4. The number of halogens is 2. The second-order valence-corrected chi connectivity index (χ2v) is 7.78. The summed E-state index contributed by atoms with van der Waals surface area (Å²) in [6, 6.07) is 15.9. The number of hydrogen-bond acceptors (Lipinski definition) is 2. The van der Waals surface area contributed by atoms with E-state index in [1.807, 2.05) is 65.0 Å². The smallest absolute Gasteiger partial charge is 0.256 e. The molecule has 2 aromatic heterocycles. The second-order valence-electron chi connectivity index (χ2n) is 7.37. The fraction of sp³-hybridized carbons (Fsp3) is 0.130. The van der Waals surface area contributed by atoms with E-state index in [1.54, 1.807) is 4.90 Å². The molecule has 0 N–H and O–H groups in total. The van der Waals surface area contributed by atoms with E-state index < -0.39 is 5.82 Å². The summed E-state index contributed by atoms with van der Waals surface area (Å²) in [7, 11) is 0. The molecule has 0 aliphatic carbocycles. The average molecular weight is 421 g/mol. The number of rotatable bonds is 3. The number of amides is 1. The van der Waals surface area contributed by atoms with Gasteiger partial charge in [0.15, 0.2) is 0 Å². The summed E-state index contributed by atoms with van der Waals surface area (Å²) < 4.78 is 17.3. The van der Waals surface area contributed by atoms with Crippen LogP contribution >= 0.6 is 11.6 Å². The van der Waals surface area contributed by atoms with E-state index in [2.05, 4.69) is 0 Å². The third-order valence-electron chi connectivity index (χ3n) is 5.31. The number of aryl methyl sites for hydroxylation is 1.